The second-order valence-corrected chi connectivity index (χ2v) is 4.83. The Kier molecular flexibility index (Phi) is 15.0. The zero-order valence-electron chi connectivity index (χ0n) is 13.8. The van der Waals surface area contributed by atoms with Crippen molar-refractivity contribution in [2.45, 2.75) is 33.2 Å². The lowest BCUT2D eigenvalue weighted by molar-refractivity contribution is 0.0660. The van der Waals surface area contributed by atoms with E-state index in [1.165, 1.54) is 0 Å². The summed E-state index contributed by atoms with van der Waals surface area (Å²) in [5, 5.41) is 3.48. The van der Waals surface area contributed by atoms with Crippen molar-refractivity contribution < 1.29 is 14.2 Å². The average molecular weight is 290 g/mol. The monoisotopic (exact) mass is 290 g/mol. The molecule has 0 heterocycles. The molecule has 0 spiro atoms. The fourth-order valence-corrected chi connectivity index (χ4v) is 1.99. The Hall–Kier alpha value is -0.200. The van der Waals surface area contributed by atoms with E-state index in [9.17, 15) is 0 Å². The smallest absolute Gasteiger partial charge is 0.0593 e. The first kappa shape index (κ1) is 19.8. The first-order valence-corrected chi connectivity index (χ1v) is 7.85. The van der Waals surface area contributed by atoms with E-state index < -0.39 is 0 Å². The Balaban J connectivity index is 3.87. The molecule has 122 valence electrons. The van der Waals surface area contributed by atoms with Crippen LogP contribution in [0.2, 0.25) is 0 Å². The van der Waals surface area contributed by atoms with E-state index >= 15 is 0 Å². The molecule has 0 aromatic rings. The van der Waals surface area contributed by atoms with Crippen LogP contribution in [0.1, 0.15) is 27.2 Å². The van der Waals surface area contributed by atoms with Gasteiger partial charge in [-0.1, -0.05) is 0 Å². The molecule has 1 unspecified atom stereocenters. The molecule has 5 heteroatoms. The number of rotatable bonds is 15. The van der Waals surface area contributed by atoms with Crippen molar-refractivity contribution in [2.24, 2.45) is 0 Å². The predicted molar refractivity (Wildman–Crippen MR) is 83.4 cm³/mol. The molecule has 0 aromatic carbocycles. The van der Waals surface area contributed by atoms with Crippen LogP contribution in [0.5, 0.6) is 0 Å². The minimum atomic E-state index is 0.485. The van der Waals surface area contributed by atoms with Gasteiger partial charge in [0, 0.05) is 52.6 Å². The lowest BCUT2D eigenvalue weighted by Gasteiger charge is -2.29. The van der Waals surface area contributed by atoms with Gasteiger partial charge in [0.1, 0.15) is 0 Å². The van der Waals surface area contributed by atoms with Crippen LogP contribution in [-0.2, 0) is 14.2 Å². The van der Waals surface area contributed by atoms with Gasteiger partial charge in [-0.3, -0.25) is 4.90 Å². The number of ether oxygens (including phenoxy) is 3. The highest BCUT2D eigenvalue weighted by Crippen LogP contribution is 1.99. The summed E-state index contributed by atoms with van der Waals surface area (Å²) in [6.07, 6.45) is 1.06. The molecule has 5 nitrogen and oxygen atoms in total. The minimum absolute atomic E-state index is 0.485. The zero-order chi connectivity index (χ0) is 15.1. The van der Waals surface area contributed by atoms with Crippen LogP contribution in [0.15, 0.2) is 0 Å². The summed E-state index contributed by atoms with van der Waals surface area (Å²) in [5.74, 6) is 0. The number of nitrogens with zero attached hydrogens (tertiary/aromatic N) is 1. The number of hydrogen-bond donors (Lipinski definition) is 1. The van der Waals surface area contributed by atoms with Crippen LogP contribution >= 0.6 is 0 Å². The SMILES string of the molecule is CCOCCN(CCOCC)C(C)CNCCCOC. The molecule has 0 radical (unpaired) electrons. The van der Waals surface area contributed by atoms with Gasteiger partial charge in [-0.2, -0.15) is 0 Å². The Labute approximate surface area is 124 Å². The molecule has 0 saturated heterocycles. The van der Waals surface area contributed by atoms with Gasteiger partial charge in [-0.15, -0.1) is 0 Å². The number of nitrogens with one attached hydrogen (secondary N) is 1. The molecular weight excluding hydrogens is 256 g/mol. The standard InChI is InChI=1S/C15H34N2O3/c1-5-19-12-9-17(10-13-20-6-2)15(3)14-16-8-7-11-18-4/h15-16H,5-14H2,1-4H3. The molecule has 0 aliphatic carbocycles. The molecule has 0 fully saturated rings. The number of hydrogen-bond acceptors (Lipinski definition) is 5. The van der Waals surface area contributed by atoms with Gasteiger partial charge in [-0.05, 0) is 33.7 Å². The maximum atomic E-state index is 5.46. The molecule has 20 heavy (non-hydrogen) atoms. The molecule has 0 amide bonds. The van der Waals surface area contributed by atoms with Crippen LogP contribution in [0.4, 0.5) is 0 Å². The predicted octanol–water partition coefficient (Wildman–Crippen LogP) is 1.38. The quantitative estimate of drug-likeness (QED) is 0.462. The van der Waals surface area contributed by atoms with E-state index in [4.69, 9.17) is 14.2 Å². The van der Waals surface area contributed by atoms with Crippen LogP contribution in [0, 0.1) is 0 Å². The van der Waals surface area contributed by atoms with Crippen LogP contribution in [0.3, 0.4) is 0 Å². The molecule has 0 aromatic heterocycles. The fraction of sp³-hybridized carbons (Fsp3) is 1.00. The third-order valence-electron chi connectivity index (χ3n) is 3.22. The summed E-state index contributed by atoms with van der Waals surface area (Å²) in [6, 6.07) is 0.485. The molecule has 1 atom stereocenters. The summed E-state index contributed by atoms with van der Waals surface area (Å²) in [7, 11) is 1.74. The van der Waals surface area contributed by atoms with E-state index in [1.807, 2.05) is 13.8 Å². The summed E-state index contributed by atoms with van der Waals surface area (Å²) >= 11 is 0. The first-order valence-electron chi connectivity index (χ1n) is 7.85. The van der Waals surface area contributed by atoms with Crippen LogP contribution < -0.4 is 5.32 Å². The van der Waals surface area contributed by atoms with Gasteiger partial charge >= 0.3 is 0 Å². The highest BCUT2D eigenvalue weighted by atomic mass is 16.5. The van der Waals surface area contributed by atoms with Crippen molar-refractivity contribution in [3.63, 3.8) is 0 Å². The maximum absolute atomic E-state index is 5.46. The molecule has 0 aliphatic rings. The average Bonchev–Trinajstić information content (AvgIpc) is 2.45. The van der Waals surface area contributed by atoms with E-state index in [0.717, 1.165) is 65.6 Å². The minimum Gasteiger partial charge on any atom is -0.385 e. The van der Waals surface area contributed by atoms with Crippen LogP contribution in [-0.4, -0.2) is 77.3 Å². The van der Waals surface area contributed by atoms with E-state index in [2.05, 4.69) is 17.1 Å². The van der Waals surface area contributed by atoms with Gasteiger partial charge in [0.15, 0.2) is 0 Å². The lowest BCUT2D eigenvalue weighted by Crippen LogP contribution is -2.44. The zero-order valence-corrected chi connectivity index (χ0v) is 13.8. The Morgan fingerprint density at radius 3 is 2.10 bits per heavy atom. The van der Waals surface area contributed by atoms with Crippen molar-refractivity contribution in [3.05, 3.63) is 0 Å². The van der Waals surface area contributed by atoms with Gasteiger partial charge in [0.05, 0.1) is 13.2 Å². The molecule has 0 bridgehead atoms. The summed E-state index contributed by atoms with van der Waals surface area (Å²) in [6.45, 7) is 14.2. The van der Waals surface area contributed by atoms with Crippen molar-refractivity contribution >= 4 is 0 Å². The van der Waals surface area contributed by atoms with Crippen molar-refractivity contribution in [1.29, 1.82) is 0 Å². The molecule has 0 rings (SSSR count). The van der Waals surface area contributed by atoms with Gasteiger partial charge < -0.3 is 19.5 Å². The molecule has 0 aliphatic heterocycles. The van der Waals surface area contributed by atoms with Crippen molar-refractivity contribution in [2.75, 3.05) is 66.3 Å². The highest BCUT2D eigenvalue weighted by molar-refractivity contribution is 4.69. The largest absolute Gasteiger partial charge is 0.385 e. The van der Waals surface area contributed by atoms with E-state index in [0.29, 0.717) is 6.04 Å². The van der Waals surface area contributed by atoms with Gasteiger partial charge in [0.25, 0.3) is 0 Å². The van der Waals surface area contributed by atoms with Crippen molar-refractivity contribution in [1.82, 2.24) is 10.2 Å². The van der Waals surface area contributed by atoms with E-state index in [1.54, 1.807) is 7.11 Å². The molecule has 0 saturated carbocycles. The summed E-state index contributed by atoms with van der Waals surface area (Å²) < 4.78 is 16.0. The first-order chi connectivity index (χ1) is 9.76. The second-order valence-electron chi connectivity index (χ2n) is 4.83. The maximum Gasteiger partial charge on any atom is 0.0593 e. The third kappa shape index (κ3) is 11.6. The van der Waals surface area contributed by atoms with Crippen molar-refractivity contribution in [3.8, 4) is 0 Å². The Bertz CT molecular complexity index is 184. The topological polar surface area (TPSA) is 43.0 Å². The van der Waals surface area contributed by atoms with Crippen LogP contribution in [0.25, 0.3) is 0 Å². The van der Waals surface area contributed by atoms with Gasteiger partial charge in [-0.25, -0.2) is 0 Å². The highest BCUT2D eigenvalue weighted by Gasteiger charge is 2.12. The fourth-order valence-electron chi connectivity index (χ4n) is 1.99. The third-order valence-corrected chi connectivity index (χ3v) is 3.22. The normalized spacial score (nSPS) is 13.1. The molecule has 1 N–H and O–H groups in total. The number of methoxy groups -OCH3 is 1. The van der Waals surface area contributed by atoms with Gasteiger partial charge in [0.2, 0.25) is 0 Å². The van der Waals surface area contributed by atoms with E-state index in [-0.39, 0.29) is 0 Å². The Morgan fingerprint density at radius 1 is 1.00 bits per heavy atom. The second kappa shape index (κ2) is 15.2. The lowest BCUT2D eigenvalue weighted by atomic mass is 10.2. The Morgan fingerprint density at radius 2 is 1.60 bits per heavy atom. The summed E-state index contributed by atoms with van der Waals surface area (Å²) in [5.41, 5.74) is 0. The molecular formula is C15H34N2O3. The summed E-state index contributed by atoms with van der Waals surface area (Å²) in [4.78, 5) is 2.43.